The van der Waals surface area contributed by atoms with E-state index in [1.165, 1.54) is 6.20 Å². The molecule has 12 nitrogen and oxygen atoms in total. The van der Waals surface area contributed by atoms with E-state index in [1.807, 2.05) is 24.3 Å². The maximum atomic E-state index is 12.8. The molecule has 0 bridgehead atoms. The van der Waals surface area contributed by atoms with Gasteiger partial charge < -0.3 is 20.4 Å². The summed E-state index contributed by atoms with van der Waals surface area (Å²) in [6.07, 6.45) is 8.25. The Morgan fingerprint density at radius 3 is 2.78 bits per heavy atom. The molecule has 0 aliphatic heterocycles. The van der Waals surface area contributed by atoms with Gasteiger partial charge in [0.05, 0.1) is 36.1 Å². The van der Waals surface area contributed by atoms with Crippen LogP contribution in [-0.2, 0) is 15.8 Å². The van der Waals surface area contributed by atoms with E-state index in [-0.39, 0.29) is 17.1 Å². The highest BCUT2D eigenvalue weighted by molar-refractivity contribution is 7.94. The second-order valence-corrected chi connectivity index (χ2v) is 11.8. The standard InChI is InChI=1S/C32H38N6O6S/c1-4-22-17-25(26-13-15-35-37-26)27(39)18-28(22)42-16-8-7-14-32(2,3)21-34-31(40)24-11-12-30(33-19-24)38-36-20-23-9-5-6-10-29(23)45-44-43-41/h5-6,9-13,15,17-20,39,41H,4,7-8,14,16,21H2,1-3H3,(H,33,38)(H,34,40)(H,35,37)/b36-20+. The molecule has 0 fully saturated rings. The Morgan fingerprint density at radius 1 is 1.20 bits per heavy atom. The molecule has 0 atom stereocenters. The van der Waals surface area contributed by atoms with Gasteiger partial charge in [0.1, 0.15) is 11.5 Å². The predicted octanol–water partition coefficient (Wildman–Crippen LogP) is 4.20. The summed E-state index contributed by atoms with van der Waals surface area (Å²) < 4.78 is 10.4. The fourth-order valence-electron chi connectivity index (χ4n) is 4.57. The number of nitrogens with two attached hydrogens (primary N) is 1. The lowest BCUT2D eigenvalue weighted by atomic mass is 9.87. The van der Waals surface area contributed by atoms with Crippen LogP contribution < -0.4 is 20.7 Å². The number of hydrogen-bond acceptors (Lipinski definition) is 10. The Balaban J connectivity index is 1.18. The molecule has 0 radical (unpaired) electrons. The van der Waals surface area contributed by atoms with E-state index >= 15 is 0 Å². The number of aromatic nitrogens is 3. The van der Waals surface area contributed by atoms with Crippen LogP contribution >= 0.6 is 12.0 Å². The van der Waals surface area contributed by atoms with Gasteiger partial charge in [0.25, 0.3) is 11.7 Å². The lowest BCUT2D eigenvalue weighted by Crippen LogP contribution is -2.71. The Hall–Kier alpha value is -4.27. The molecule has 0 aliphatic carbocycles. The molecule has 13 heteroatoms. The molecule has 1 amide bonds. The number of pyridine rings is 1. The number of hydrogen-bond donors (Lipinski definition) is 4. The summed E-state index contributed by atoms with van der Waals surface area (Å²) in [6.45, 7) is 7.36. The Kier molecular flexibility index (Phi) is 12.5. The molecule has 0 spiro atoms. The number of aromatic hydroxyl groups is 1. The molecule has 45 heavy (non-hydrogen) atoms. The van der Waals surface area contributed by atoms with Crippen LogP contribution in [0.25, 0.3) is 11.3 Å². The minimum absolute atomic E-state index is 0.108. The first-order valence-corrected chi connectivity index (χ1v) is 15.3. The highest BCUT2D eigenvalue weighted by atomic mass is 32.2. The number of aromatic amines is 1. The Morgan fingerprint density at radius 2 is 2.04 bits per heavy atom. The number of unbranched alkanes of at least 4 members (excludes halogenated alkanes) is 1. The second-order valence-electron chi connectivity index (χ2n) is 11.1. The van der Waals surface area contributed by atoms with E-state index in [0.717, 1.165) is 54.5 Å². The first-order chi connectivity index (χ1) is 21.8. The summed E-state index contributed by atoms with van der Waals surface area (Å²) in [4.78, 5) is 17.8. The largest absolute Gasteiger partial charge is 0.691 e. The SMILES string of the molecule is CCc1cc(-c2ccn[nH]2)c(O)cc1OCCCCC(C)(C)CNC(=O)c1ccc([NH2+]/N=C/c2ccccc2SOO[O-])nc1. The number of ether oxygens (including phenoxy) is 1. The van der Waals surface area contributed by atoms with Crippen molar-refractivity contribution in [2.45, 2.75) is 51.3 Å². The maximum absolute atomic E-state index is 12.8. The highest BCUT2D eigenvalue weighted by Crippen LogP contribution is 2.35. The van der Waals surface area contributed by atoms with E-state index in [9.17, 15) is 15.2 Å². The maximum Gasteiger partial charge on any atom is 0.252 e. The zero-order valence-electron chi connectivity index (χ0n) is 25.5. The molecule has 4 aromatic rings. The number of phenolic OH excluding ortho intramolecular Hbond substituents is 1. The Bertz CT molecular complexity index is 1550. The number of phenols is 1. The van der Waals surface area contributed by atoms with Crippen molar-refractivity contribution < 1.29 is 34.7 Å². The summed E-state index contributed by atoms with van der Waals surface area (Å²) in [5, 5.41) is 38.2. The van der Waals surface area contributed by atoms with E-state index in [0.29, 0.717) is 40.7 Å². The first-order valence-electron chi connectivity index (χ1n) is 14.6. The number of nitrogens with one attached hydrogen (secondary N) is 2. The van der Waals surface area contributed by atoms with Gasteiger partial charge in [0, 0.05) is 47.1 Å². The molecule has 2 aromatic carbocycles. The average molecular weight is 635 g/mol. The van der Waals surface area contributed by atoms with Gasteiger partial charge in [-0.2, -0.15) is 14.9 Å². The molecule has 2 heterocycles. The summed E-state index contributed by atoms with van der Waals surface area (Å²) in [5.41, 5.74) is 5.15. The van der Waals surface area contributed by atoms with Gasteiger partial charge >= 0.3 is 0 Å². The van der Waals surface area contributed by atoms with Crippen LogP contribution in [0.3, 0.4) is 0 Å². The van der Waals surface area contributed by atoms with Gasteiger partial charge in [0.15, 0.2) is 0 Å². The normalized spacial score (nSPS) is 11.6. The number of quaternary nitrogens is 1. The van der Waals surface area contributed by atoms with Crippen LogP contribution in [0.4, 0.5) is 5.82 Å². The number of H-pyrrole nitrogens is 1. The quantitative estimate of drug-likeness (QED) is 0.0332. The number of rotatable bonds is 17. The number of amides is 1. The number of nitrogens with zero attached hydrogens (tertiary/aromatic N) is 3. The summed E-state index contributed by atoms with van der Waals surface area (Å²) in [5.74, 6) is 1.24. The van der Waals surface area contributed by atoms with Crippen molar-refractivity contribution in [3.05, 3.63) is 83.7 Å². The first kappa shape index (κ1) is 33.6. The predicted molar refractivity (Wildman–Crippen MR) is 168 cm³/mol. The fraction of sp³-hybridized carbons (Fsp3) is 0.312. The minimum atomic E-state index is -0.189. The molecule has 0 saturated heterocycles. The number of carbonyl (C=O) groups is 1. The summed E-state index contributed by atoms with van der Waals surface area (Å²) in [7, 11) is 0. The molecule has 2 aromatic heterocycles. The van der Waals surface area contributed by atoms with Crippen LogP contribution in [0.2, 0.25) is 0 Å². The van der Waals surface area contributed by atoms with Gasteiger partial charge in [-0.25, -0.2) is 4.98 Å². The number of benzene rings is 2. The highest BCUT2D eigenvalue weighted by Gasteiger charge is 2.19. The van der Waals surface area contributed by atoms with Crippen molar-refractivity contribution in [2.75, 3.05) is 13.2 Å². The molecule has 0 saturated carbocycles. The third-order valence-electron chi connectivity index (χ3n) is 7.12. The van der Waals surface area contributed by atoms with E-state index in [2.05, 4.69) is 55.7 Å². The minimum Gasteiger partial charge on any atom is -0.691 e. The van der Waals surface area contributed by atoms with Crippen molar-refractivity contribution in [3.63, 3.8) is 0 Å². The number of aryl methyl sites for hydroxylation is 1. The second kappa shape index (κ2) is 16.7. The molecule has 0 aliphatic rings. The molecule has 5 N–H and O–H groups in total. The van der Waals surface area contributed by atoms with E-state index in [4.69, 9.17) is 4.74 Å². The molecular weight excluding hydrogens is 596 g/mol. The smallest absolute Gasteiger partial charge is 0.252 e. The zero-order chi connectivity index (χ0) is 32.1. The van der Waals surface area contributed by atoms with Crippen LogP contribution in [0.5, 0.6) is 11.5 Å². The van der Waals surface area contributed by atoms with Gasteiger partial charge in [-0.3, -0.25) is 14.9 Å². The van der Waals surface area contributed by atoms with Crippen molar-refractivity contribution in [2.24, 2.45) is 10.5 Å². The van der Waals surface area contributed by atoms with Crippen LogP contribution in [0, 0.1) is 5.41 Å². The molecule has 0 unspecified atom stereocenters. The lowest BCUT2D eigenvalue weighted by molar-refractivity contribution is -0.777. The number of carbonyl (C=O) groups excluding carboxylic acids is 1. The van der Waals surface area contributed by atoms with Gasteiger partial charge in [-0.1, -0.05) is 44.1 Å². The monoisotopic (exact) mass is 634 g/mol. The fourth-order valence-corrected chi connectivity index (χ4v) is 5.02. The van der Waals surface area contributed by atoms with Gasteiger partial charge in [0.2, 0.25) is 0 Å². The molecular formula is C32H38N6O6S. The van der Waals surface area contributed by atoms with Crippen LogP contribution in [0.1, 0.15) is 61.5 Å². The van der Waals surface area contributed by atoms with Crippen molar-refractivity contribution in [1.29, 1.82) is 0 Å². The third kappa shape index (κ3) is 10.1. The van der Waals surface area contributed by atoms with E-state index < -0.39 is 0 Å². The van der Waals surface area contributed by atoms with Crippen LogP contribution in [0.15, 0.2) is 77.0 Å². The lowest BCUT2D eigenvalue weighted by Gasteiger charge is -2.25. The summed E-state index contributed by atoms with van der Waals surface area (Å²) in [6, 6.07) is 16.1. The zero-order valence-corrected chi connectivity index (χ0v) is 26.3. The van der Waals surface area contributed by atoms with Crippen molar-refractivity contribution in [3.8, 4) is 22.8 Å². The average Bonchev–Trinajstić information content (AvgIpc) is 3.58. The topological polar surface area (TPSA) is 171 Å². The van der Waals surface area contributed by atoms with Gasteiger partial charge in [-0.15, -0.1) is 0 Å². The van der Waals surface area contributed by atoms with E-state index in [1.54, 1.807) is 48.2 Å². The Labute approximate surface area is 266 Å². The molecule has 238 valence electrons. The van der Waals surface area contributed by atoms with Gasteiger partial charge in [-0.05, 0) is 60.9 Å². The third-order valence-corrected chi connectivity index (χ3v) is 7.80. The molecule has 4 rings (SSSR count). The summed E-state index contributed by atoms with van der Waals surface area (Å²) >= 11 is 0.796. The van der Waals surface area contributed by atoms with Crippen LogP contribution in [-0.4, -0.2) is 45.6 Å². The van der Waals surface area contributed by atoms with Crippen molar-refractivity contribution >= 4 is 30.0 Å². The van der Waals surface area contributed by atoms with Crippen molar-refractivity contribution in [1.82, 2.24) is 20.5 Å².